The molecule has 2 aliphatic rings. The average Bonchev–Trinajstić information content (AvgIpc) is 2.43. The van der Waals surface area contributed by atoms with Crippen molar-refractivity contribution >= 4 is 5.97 Å². The number of hydrogen-bond donors (Lipinski definition) is 2. The Labute approximate surface area is 119 Å². The molecule has 2 atom stereocenters. The van der Waals surface area contributed by atoms with Crippen molar-refractivity contribution in [2.24, 2.45) is 0 Å². The molecular formula is C16H21NO3. The normalized spacial score (nSPS) is 28.6. The largest absolute Gasteiger partial charge is 0.392 e. The first-order valence-corrected chi connectivity index (χ1v) is 7.30. The van der Waals surface area contributed by atoms with Gasteiger partial charge in [-0.05, 0) is 43.9 Å². The molecule has 0 radical (unpaired) electrons. The molecule has 1 saturated carbocycles. The monoisotopic (exact) mass is 275 g/mol. The minimum Gasteiger partial charge on any atom is -0.392 e. The van der Waals surface area contributed by atoms with E-state index < -0.39 is 5.54 Å². The van der Waals surface area contributed by atoms with Crippen molar-refractivity contribution in [1.29, 1.82) is 0 Å². The summed E-state index contributed by atoms with van der Waals surface area (Å²) in [6, 6.07) is 5.73. The van der Waals surface area contributed by atoms with E-state index in [-0.39, 0.29) is 18.0 Å². The molecule has 1 aromatic carbocycles. The van der Waals surface area contributed by atoms with E-state index in [1.165, 1.54) is 0 Å². The van der Waals surface area contributed by atoms with E-state index >= 15 is 0 Å². The van der Waals surface area contributed by atoms with Crippen LogP contribution in [-0.4, -0.2) is 17.2 Å². The molecule has 1 aromatic rings. The smallest absolute Gasteiger partial charge is 0.357 e. The number of fused-ring (bicyclic) bond motifs is 1. The molecule has 108 valence electrons. The van der Waals surface area contributed by atoms with Gasteiger partial charge in [0.25, 0.3) is 0 Å². The lowest BCUT2D eigenvalue weighted by atomic mass is 9.75. The van der Waals surface area contributed by atoms with Crippen LogP contribution in [0.25, 0.3) is 0 Å². The molecule has 0 saturated heterocycles. The summed E-state index contributed by atoms with van der Waals surface area (Å²) >= 11 is 0. The number of hydroxylamine groups is 1. The number of nitrogens with one attached hydrogen (secondary N) is 1. The summed E-state index contributed by atoms with van der Waals surface area (Å²) in [7, 11) is 0. The maximum Gasteiger partial charge on any atom is 0.357 e. The van der Waals surface area contributed by atoms with Crippen molar-refractivity contribution < 1.29 is 14.7 Å². The Morgan fingerprint density at radius 3 is 2.80 bits per heavy atom. The van der Waals surface area contributed by atoms with Crippen LogP contribution in [0, 0.1) is 0 Å². The van der Waals surface area contributed by atoms with Crippen LogP contribution in [0.3, 0.4) is 0 Å². The van der Waals surface area contributed by atoms with Crippen molar-refractivity contribution in [3.63, 3.8) is 0 Å². The summed E-state index contributed by atoms with van der Waals surface area (Å²) in [5.74, 6) is -0.225. The maximum absolute atomic E-state index is 11.9. The van der Waals surface area contributed by atoms with Gasteiger partial charge in [0.1, 0.15) is 0 Å². The number of aliphatic hydroxyl groups is 1. The molecule has 4 nitrogen and oxygen atoms in total. The highest BCUT2D eigenvalue weighted by atomic mass is 16.7. The Morgan fingerprint density at radius 1 is 1.30 bits per heavy atom. The quantitative estimate of drug-likeness (QED) is 0.827. The minimum absolute atomic E-state index is 0.116. The number of aliphatic hydroxyl groups excluding tert-OH is 1. The number of benzene rings is 1. The first-order valence-electron chi connectivity index (χ1n) is 7.30. The van der Waals surface area contributed by atoms with Crippen LogP contribution in [0.4, 0.5) is 0 Å². The fourth-order valence-corrected chi connectivity index (χ4v) is 3.50. The summed E-state index contributed by atoms with van der Waals surface area (Å²) in [4.78, 5) is 17.0. The van der Waals surface area contributed by atoms with Gasteiger partial charge in [-0.25, -0.2) is 4.79 Å². The molecule has 1 fully saturated rings. The first kappa shape index (κ1) is 13.6. The third kappa shape index (κ3) is 2.13. The van der Waals surface area contributed by atoms with Gasteiger partial charge in [-0.15, -0.1) is 5.48 Å². The molecule has 0 aromatic heterocycles. The van der Waals surface area contributed by atoms with Gasteiger partial charge in [-0.1, -0.05) is 25.0 Å². The van der Waals surface area contributed by atoms with E-state index in [0.29, 0.717) is 5.56 Å². The van der Waals surface area contributed by atoms with E-state index in [4.69, 9.17) is 4.84 Å². The lowest BCUT2D eigenvalue weighted by Gasteiger charge is -2.37. The molecule has 4 heteroatoms. The van der Waals surface area contributed by atoms with E-state index in [2.05, 4.69) is 5.48 Å². The molecule has 0 amide bonds. The number of hydrogen-bond acceptors (Lipinski definition) is 4. The number of carbonyl (C=O) groups excluding carboxylic acids is 1. The summed E-state index contributed by atoms with van der Waals surface area (Å²) in [6.45, 7) is 3.99. The van der Waals surface area contributed by atoms with Crippen molar-refractivity contribution in [1.82, 2.24) is 5.48 Å². The minimum atomic E-state index is -0.434. The van der Waals surface area contributed by atoms with Gasteiger partial charge in [0, 0.05) is 5.92 Å². The summed E-state index contributed by atoms with van der Waals surface area (Å²) in [5, 5.41) is 10.3. The number of rotatable bonds is 1. The summed E-state index contributed by atoms with van der Waals surface area (Å²) in [5.41, 5.74) is 5.07. The second-order valence-electron chi connectivity index (χ2n) is 6.34. The Kier molecular flexibility index (Phi) is 3.30. The van der Waals surface area contributed by atoms with Gasteiger partial charge in [0.05, 0.1) is 17.2 Å². The van der Waals surface area contributed by atoms with Crippen molar-refractivity contribution in [3.8, 4) is 0 Å². The van der Waals surface area contributed by atoms with Crippen LogP contribution in [0.15, 0.2) is 18.2 Å². The van der Waals surface area contributed by atoms with E-state index in [0.717, 1.165) is 36.8 Å². The van der Waals surface area contributed by atoms with Gasteiger partial charge >= 0.3 is 5.97 Å². The van der Waals surface area contributed by atoms with E-state index in [9.17, 15) is 9.90 Å². The number of carbonyl (C=O) groups is 1. The van der Waals surface area contributed by atoms with Crippen LogP contribution >= 0.6 is 0 Å². The first-order chi connectivity index (χ1) is 9.50. The lowest BCUT2D eigenvalue weighted by molar-refractivity contribution is -0.00881. The molecule has 1 heterocycles. The van der Waals surface area contributed by atoms with Crippen LogP contribution < -0.4 is 5.48 Å². The zero-order chi connectivity index (χ0) is 14.3. The highest BCUT2D eigenvalue weighted by Crippen LogP contribution is 2.40. The highest BCUT2D eigenvalue weighted by Gasteiger charge is 2.38. The molecule has 3 rings (SSSR count). The van der Waals surface area contributed by atoms with Gasteiger partial charge in [0.2, 0.25) is 0 Å². The second-order valence-corrected chi connectivity index (χ2v) is 6.34. The molecule has 1 aliphatic heterocycles. The fourth-order valence-electron chi connectivity index (χ4n) is 3.50. The molecule has 2 N–H and O–H groups in total. The zero-order valence-electron chi connectivity index (χ0n) is 12.0. The molecule has 20 heavy (non-hydrogen) atoms. The maximum atomic E-state index is 11.9. The van der Waals surface area contributed by atoms with Gasteiger partial charge in [-0.3, -0.25) is 0 Å². The molecule has 1 aliphatic carbocycles. The van der Waals surface area contributed by atoms with Crippen molar-refractivity contribution in [2.75, 3.05) is 0 Å². The predicted molar refractivity (Wildman–Crippen MR) is 75.2 cm³/mol. The van der Waals surface area contributed by atoms with Crippen LogP contribution in [-0.2, 0) is 10.4 Å². The molecular weight excluding hydrogens is 254 g/mol. The van der Waals surface area contributed by atoms with Gasteiger partial charge < -0.3 is 9.94 Å². The summed E-state index contributed by atoms with van der Waals surface area (Å²) in [6.07, 6.45) is 3.71. The average molecular weight is 275 g/mol. The fraction of sp³-hybridized carbons (Fsp3) is 0.562. The Hall–Kier alpha value is -1.39. The topological polar surface area (TPSA) is 58.6 Å². The van der Waals surface area contributed by atoms with Crippen LogP contribution in [0.2, 0.25) is 0 Å². The third-order valence-electron chi connectivity index (χ3n) is 4.47. The zero-order valence-corrected chi connectivity index (χ0v) is 12.0. The van der Waals surface area contributed by atoms with E-state index in [1.54, 1.807) is 6.07 Å². The molecule has 2 unspecified atom stereocenters. The molecule has 0 bridgehead atoms. The predicted octanol–water partition coefficient (Wildman–Crippen LogP) is 2.62. The standard InChI is InChI=1S/C16H21NO3/c1-16(2)14-11(10-6-3-4-9-13(10)18)7-5-8-12(14)15(19)20-17-16/h5,7-8,10,13,17-18H,3-4,6,9H2,1-2H3. The van der Waals surface area contributed by atoms with Crippen LogP contribution in [0.1, 0.15) is 66.9 Å². The second kappa shape index (κ2) is 4.86. The summed E-state index contributed by atoms with van der Waals surface area (Å²) < 4.78 is 0. The van der Waals surface area contributed by atoms with Gasteiger partial charge in [-0.2, -0.15) is 0 Å². The molecule has 0 spiro atoms. The van der Waals surface area contributed by atoms with Crippen LogP contribution in [0.5, 0.6) is 0 Å². The Bertz CT molecular complexity index is 539. The van der Waals surface area contributed by atoms with Crippen molar-refractivity contribution in [3.05, 3.63) is 34.9 Å². The van der Waals surface area contributed by atoms with Gasteiger partial charge in [0.15, 0.2) is 0 Å². The lowest BCUT2D eigenvalue weighted by Crippen LogP contribution is -2.45. The Morgan fingerprint density at radius 2 is 2.05 bits per heavy atom. The highest BCUT2D eigenvalue weighted by molar-refractivity contribution is 5.92. The SMILES string of the molecule is CC1(C)NOC(=O)c2cccc(C3CCCCC3O)c21. The van der Waals surface area contributed by atoms with Crippen molar-refractivity contribution in [2.45, 2.75) is 57.1 Å². The Balaban J connectivity index is 2.12. The third-order valence-corrected chi connectivity index (χ3v) is 4.47. The van der Waals surface area contributed by atoms with E-state index in [1.807, 2.05) is 26.0 Å².